The molecule has 1 aromatic heterocycles. The molecule has 0 unspecified atom stereocenters. The van der Waals surface area contributed by atoms with Crippen LogP contribution in [0.2, 0.25) is 0 Å². The zero-order valence-electron chi connectivity index (χ0n) is 19.4. The third kappa shape index (κ3) is 5.22. The molecule has 172 valence electrons. The molecular weight excluding hydrogens is 414 g/mol. The van der Waals surface area contributed by atoms with Crippen molar-refractivity contribution in [3.05, 3.63) is 71.5 Å². The summed E-state index contributed by atoms with van der Waals surface area (Å²) < 4.78 is 0. The van der Waals surface area contributed by atoms with Gasteiger partial charge in [0.2, 0.25) is 5.95 Å². The van der Waals surface area contributed by atoms with Crippen molar-refractivity contribution < 1.29 is 15.0 Å². The van der Waals surface area contributed by atoms with Gasteiger partial charge in [-0.05, 0) is 92.8 Å². The number of carbonyl (C=O) groups is 1. The molecular formula is C27H31N3O3. The average Bonchev–Trinajstić information content (AvgIpc) is 2.79. The van der Waals surface area contributed by atoms with E-state index in [0.29, 0.717) is 18.8 Å². The predicted molar refractivity (Wildman–Crippen MR) is 129 cm³/mol. The van der Waals surface area contributed by atoms with Gasteiger partial charge in [-0.3, -0.25) is 4.79 Å². The lowest BCUT2D eigenvalue weighted by atomic mass is 9.71. The Morgan fingerprint density at radius 2 is 1.70 bits per heavy atom. The molecule has 0 amide bonds. The van der Waals surface area contributed by atoms with Gasteiger partial charge < -0.3 is 15.5 Å². The van der Waals surface area contributed by atoms with Crippen LogP contribution in [0.15, 0.2) is 54.7 Å². The molecule has 1 aliphatic carbocycles. The largest absolute Gasteiger partial charge is 0.481 e. The van der Waals surface area contributed by atoms with Crippen molar-refractivity contribution in [2.75, 3.05) is 5.32 Å². The second kappa shape index (κ2) is 9.32. The fraction of sp³-hybridized carbons (Fsp3) is 0.370. The number of hydrogen-bond donors (Lipinski definition) is 3. The summed E-state index contributed by atoms with van der Waals surface area (Å²) in [6.45, 7) is 5.84. The average molecular weight is 446 g/mol. The Morgan fingerprint density at radius 1 is 1.00 bits per heavy atom. The van der Waals surface area contributed by atoms with E-state index < -0.39 is 11.6 Å². The molecule has 4 rings (SSSR count). The predicted octanol–water partition coefficient (Wildman–Crippen LogP) is 5.60. The number of rotatable bonds is 6. The number of aromatic nitrogens is 2. The summed E-state index contributed by atoms with van der Waals surface area (Å²) in [6, 6.07) is 16.2. The Balaban J connectivity index is 1.52. The van der Waals surface area contributed by atoms with E-state index in [2.05, 4.69) is 40.4 Å². The van der Waals surface area contributed by atoms with Crippen LogP contribution in [-0.2, 0) is 10.4 Å². The van der Waals surface area contributed by atoms with Gasteiger partial charge in [0.15, 0.2) is 0 Å². The van der Waals surface area contributed by atoms with Gasteiger partial charge in [-0.2, -0.15) is 0 Å². The first kappa shape index (κ1) is 22.9. The van der Waals surface area contributed by atoms with Crippen molar-refractivity contribution >= 4 is 17.6 Å². The summed E-state index contributed by atoms with van der Waals surface area (Å²) in [5.41, 5.74) is 4.95. The highest BCUT2D eigenvalue weighted by Gasteiger charge is 2.37. The van der Waals surface area contributed by atoms with E-state index in [9.17, 15) is 15.0 Å². The van der Waals surface area contributed by atoms with Crippen molar-refractivity contribution in [1.29, 1.82) is 0 Å². The monoisotopic (exact) mass is 445 g/mol. The van der Waals surface area contributed by atoms with Crippen molar-refractivity contribution in [1.82, 2.24) is 9.97 Å². The SMILES string of the molecule is Cc1cc(Nc2nccc(C)n2)cc(-c2ccc([C@](C)(O)C3CCC(C(=O)O)CC3)cc2)c1. The van der Waals surface area contributed by atoms with E-state index >= 15 is 0 Å². The number of aliphatic carboxylic acids is 1. The second-order valence-electron chi connectivity index (χ2n) is 9.35. The number of aliphatic hydroxyl groups is 1. The molecule has 3 aromatic rings. The summed E-state index contributed by atoms with van der Waals surface area (Å²) in [5, 5.41) is 23.8. The highest BCUT2D eigenvalue weighted by molar-refractivity contribution is 5.71. The fourth-order valence-corrected chi connectivity index (χ4v) is 4.80. The number of carboxylic acid groups (broad SMARTS) is 1. The number of nitrogens with one attached hydrogen (secondary N) is 1. The number of benzene rings is 2. The molecule has 6 heteroatoms. The van der Waals surface area contributed by atoms with Gasteiger partial charge in [-0.25, -0.2) is 9.97 Å². The molecule has 0 bridgehead atoms. The van der Waals surface area contributed by atoms with Crippen LogP contribution in [0.1, 0.15) is 49.4 Å². The van der Waals surface area contributed by atoms with Gasteiger partial charge in [0.05, 0.1) is 11.5 Å². The highest BCUT2D eigenvalue weighted by atomic mass is 16.4. The number of hydrogen-bond acceptors (Lipinski definition) is 5. The smallest absolute Gasteiger partial charge is 0.306 e. The quantitative estimate of drug-likeness (QED) is 0.457. The summed E-state index contributed by atoms with van der Waals surface area (Å²) >= 11 is 0. The maximum Gasteiger partial charge on any atom is 0.306 e. The maximum atomic E-state index is 11.3. The Labute approximate surface area is 194 Å². The molecule has 0 aliphatic heterocycles. The van der Waals surface area contributed by atoms with Crippen LogP contribution < -0.4 is 5.32 Å². The van der Waals surface area contributed by atoms with Gasteiger partial charge in [0, 0.05) is 17.6 Å². The molecule has 33 heavy (non-hydrogen) atoms. The standard InChI is InChI=1S/C27H31N3O3/c1-17-14-21(16-24(15-17)30-26-28-13-12-18(2)29-26)19-4-8-22(9-5-19)27(3,33)23-10-6-20(7-11-23)25(31)32/h4-5,8-9,12-16,20,23,33H,6-7,10-11H2,1-3H3,(H,31,32)(H,28,29,30)/t20?,23?,27-/m0/s1. The number of carboxylic acids is 1. The maximum absolute atomic E-state index is 11.3. The van der Waals surface area contributed by atoms with Crippen LogP contribution in [0.4, 0.5) is 11.6 Å². The Bertz CT molecular complexity index is 1130. The summed E-state index contributed by atoms with van der Waals surface area (Å²) in [5.74, 6) is -0.384. The van der Waals surface area contributed by atoms with Gasteiger partial charge in [-0.15, -0.1) is 0 Å². The van der Waals surface area contributed by atoms with Crippen LogP contribution in [0, 0.1) is 25.7 Å². The molecule has 6 nitrogen and oxygen atoms in total. The van der Waals surface area contributed by atoms with Crippen LogP contribution in [-0.4, -0.2) is 26.2 Å². The van der Waals surface area contributed by atoms with E-state index in [1.807, 2.05) is 44.2 Å². The summed E-state index contributed by atoms with van der Waals surface area (Å²) in [7, 11) is 0. The third-order valence-corrected chi connectivity index (χ3v) is 6.80. The van der Waals surface area contributed by atoms with Crippen molar-refractivity contribution in [2.24, 2.45) is 11.8 Å². The molecule has 1 heterocycles. The molecule has 0 spiro atoms. The topological polar surface area (TPSA) is 95.3 Å². The van der Waals surface area contributed by atoms with Gasteiger partial charge in [0.1, 0.15) is 0 Å². The van der Waals surface area contributed by atoms with Crippen LogP contribution in [0.5, 0.6) is 0 Å². The Morgan fingerprint density at radius 3 is 2.33 bits per heavy atom. The molecule has 1 saturated carbocycles. The normalized spacial score (nSPS) is 20.1. The number of aryl methyl sites for hydroxylation is 2. The van der Waals surface area contributed by atoms with Crippen LogP contribution >= 0.6 is 0 Å². The first-order valence-corrected chi connectivity index (χ1v) is 11.5. The van der Waals surface area contributed by atoms with Crippen molar-refractivity contribution in [3.8, 4) is 11.1 Å². The summed E-state index contributed by atoms with van der Waals surface area (Å²) in [6.07, 6.45) is 4.43. The van der Waals surface area contributed by atoms with E-state index in [0.717, 1.165) is 46.5 Å². The third-order valence-electron chi connectivity index (χ3n) is 6.80. The molecule has 1 aliphatic rings. The van der Waals surface area contributed by atoms with Crippen LogP contribution in [0.25, 0.3) is 11.1 Å². The van der Waals surface area contributed by atoms with Crippen molar-refractivity contribution in [2.45, 2.75) is 52.1 Å². The first-order valence-electron chi connectivity index (χ1n) is 11.5. The van der Waals surface area contributed by atoms with E-state index in [1.54, 1.807) is 6.20 Å². The molecule has 0 radical (unpaired) electrons. The lowest BCUT2D eigenvalue weighted by molar-refractivity contribution is -0.144. The van der Waals surface area contributed by atoms with Gasteiger partial charge >= 0.3 is 5.97 Å². The van der Waals surface area contributed by atoms with Crippen molar-refractivity contribution in [3.63, 3.8) is 0 Å². The van der Waals surface area contributed by atoms with Gasteiger partial charge in [-0.1, -0.05) is 30.3 Å². The molecule has 0 saturated heterocycles. The molecule has 3 N–H and O–H groups in total. The van der Waals surface area contributed by atoms with Gasteiger partial charge in [0.25, 0.3) is 0 Å². The second-order valence-corrected chi connectivity index (χ2v) is 9.35. The minimum atomic E-state index is -0.982. The minimum absolute atomic E-state index is 0.0584. The van der Waals surface area contributed by atoms with E-state index in [1.165, 1.54) is 0 Å². The zero-order chi connectivity index (χ0) is 23.6. The van der Waals surface area contributed by atoms with Crippen LogP contribution in [0.3, 0.4) is 0 Å². The number of anilines is 2. The van der Waals surface area contributed by atoms with E-state index in [-0.39, 0.29) is 11.8 Å². The molecule has 1 fully saturated rings. The Hall–Kier alpha value is -3.25. The number of nitrogens with zero attached hydrogens (tertiary/aromatic N) is 2. The lowest BCUT2D eigenvalue weighted by Gasteiger charge is -2.37. The Kier molecular flexibility index (Phi) is 6.47. The zero-order valence-corrected chi connectivity index (χ0v) is 19.4. The summed E-state index contributed by atoms with van der Waals surface area (Å²) in [4.78, 5) is 19.9. The first-order chi connectivity index (χ1) is 15.7. The lowest BCUT2D eigenvalue weighted by Crippen LogP contribution is -2.35. The minimum Gasteiger partial charge on any atom is -0.481 e. The highest BCUT2D eigenvalue weighted by Crippen LogP contribution is 2.41. The molecule has 2 aromatic carbocycles. The molecule has 1 atom stereocenters. The fourth-order valence-electron chi connectivity index (χ4n) is 4.80. The van der Waals surface area contributed by atoms with E-state index in [4.69, 9.17) is 0 Å².